The standard InChI is InChI=1S/C21H18F2N4O3/c1-21(25,20(22)23)17(19(29)27-30)26-18(28)16-10-8-14(9-11-16)3-2-13-4-6-15(12-24)7-5-13/h4-11,17,20,30H,25H2,1H3,(H,26,28)(H,27,29)/t17-,21?/m1/s1. The zero-order valence-electron chi connectivity index (χ0n) is 15.8. The zero-order chi connectivity index (χ0) is 22.3. The second-order valence-electron chi connectivity index (χ2n) is 6.57. The van der Waals surface area contributed by atoms with Crippen molar-refractivity contribution < 1.29 is 23.6 Å². The molecule has 5 N–H and O–H groups in total. The van der Waals surface area contributed by atoms with Gasteiger partial charge in [0, 0.05) is 16.7 Å². The number of hydrogen-bond donors (Lipinski definition) is 4. The van der Waals surface area contributed by atoms with E-state index in [2.05, 4.69) is 17.2 Å². The number of carbonyl (C=O) groups is 2. The van der Waals surface area contributed by atoms with Gasteiger partial charge in [-0.25, -0.2) is 14.3 Å². The number of halogens is 2. The maximum absolute atomic E-state index is 13.2. The molecule has 2 aromatic rings. The van der Waals surface area contributed by atoms with Crippen LogP contribution in [0, 0.1) is 23.2 Å². The van der Waals surface area contributed by atoms with E-state index in [0.717, 1.165) is 6.92 Å². The molecule has 0 heterocycles. The minimum absolute atomic E-state index is 0.0831. The first kappa shape index (κ1) is 22.5. The van der Waals surface area contributed by atoms with E-state index in [0.29, 0.717) is 16.7 Å². The van der Waals surface area contributed by atoms with Gasteiger partial charge >= 0.3 is 0 Å². The summed E-state index contributed by atoms with van der Waals surface area (Å²) in [6.45, 7) is 0.889. The fourth-order valence-corrected chi connectivity index (χ4v) is 2.39. The van der Waals surface area contributed by atoms with Gasteiger partial charge in [-0.2, -0.15) is 5.26 Å². The lowest BCUT2D eigenvalue weighted by Crippen LogP contribution is -2.66. The van der Waals surface area contributed by atoms with Crippen LogP contribution in [-0.2, 0) is 4.79 Å². The molecule has 0 saturated heterocycles. The molecule has 9 heteroatoms. The third-order valence-electron chi connectivity index (χ3n) is 4.25. The molecule has 0 spiro atoms. The van der Waals surface area contributed by atoms with Gasteiger partial charge in [0.05, 0.1) is 11.6 Å². The number of carbonyl (C=O) groups excluding carboxylic acids is 2. The van der Waals surface area contributed by atoms with Gasteiger partial charge in [-0.1, -0.05) is 11.8 Å². The molecule has 2 amide bonds. The fraction of sp³-hybridized carbons (Fsp3) is 0.190. The lowest BCUT2D eigenvalue weighted by Gasteiger charge is -2.32. The number of rotatable bonds is 5. The third kappa shape index (κ3) is 5.39. The Kier molecular flexibility index (Phi) is 7.21. The van der Waals surface area contributed by atoms with E-state index in [4.69, 9.17) is 16.2 Å². The van der Waals surface area contributed by atoms with Crippen LogP contribution >= 0.6 is 0 Å². The number of hydroxylamine groups is 1. The molecule has 2 aromatic carbocycles. The van der Waals surface area contributed by atoms with E-state index in [1.807, 2.05) is 6.07 Å². The molecule has 0 radical (unpaired) electrons. The van der Waals surface area contributed by atoms with Crippen LogP contribution in [0.15, 0.2) is 48.5 Å². The molecule has 0 saturated carbocycles. The first-order chi connectivity index (χ1) is 14.2. The summed E-state index contributed by atoms with van der Waals surface area (Å²) in [6, 6.07) is 12.7. The third-order valence-corrected chi connectivity index (χ3v) is 4.25. The molecule has 30 heavy (non-hydrogen) atoms. The topological polar surface area (TPSA) is 128 Å². The number of nitriles is 1. The number of amides is 2. The highest BCUT2D eigenvalue weighted by molar-refractivity contribution is 5.98. The summed E-state index contributed by atoms with van der Waals surface area (Å²) in [7, 11) is 0. The van der Waals surface area contributed by atoms with Gasteiger partial charge in [-0.15, -0.1) is 0 Å². The van der Waals surface area contributed by atoms with Gasteiger partial charge in [-0.05, 0) is 55.5 Å². The van der Waals surface area contributed by atoms with Crippen molar-refractivity contribution in [2.45, 2.75) is 24.9 Å². The molecule has 2 rings (SSSR count). The Morgan fingerprint density at radius 1 is 1.03 bits per heavy atom. The van der Waals surface area contributed by atoms with Gasteiger partial charge in [0.1, 0.15) is 11.6 Å². The van der Waals surface area contributed by atoms with E-state index in [9.17, 15) is 18.4 Å². The summed E-state index contributed by atoms with van der Waals surface area (Å²) in [6.07, 6.45) is -3.14. The highest BCUT2D eigenvalue weighted by Gasteiger charge is 2.44. The van der Waals surface area contributed by atoms with Crippen LogP contribution < -0.4 is 16.5 Å². The van der Waals surface area contributed by atoms with E-state index < -0.39 is 29.8 Å². The Morgan fingerprint density at radius 3 is 1.93 bits per heavy atom. The number of alkyl halides is 2. The lowest BCUT2D eigenvalue weighted by atomic mass is 9.92. The molecule has 0 aliphatic carbocycles. The average Bonchev–Trinajstić information content (AvgIpc) is 2.75. The van der Waals surface area contributed by atoms with Crippen molar-refractivity contribution >= 4 is 11.8 Å². The maximum atomic E-state index is 13.2. The van der Waals surface area contributed by atoms with Crippen molar-refractivity contribution in [3.8, 4) is 17.9 Å². The highest BCUT2D eigenvalue weighted by atomic mass is 19.3. The van der Waals surface area contributed by atoms with Crippen LogP contribution in [0.25, 0.3) is 0 Å². The second-order valence-corrected chi connectivity index (χ2v) is 6.57. The number of nitrogens with two attached hydrogens (primary N) is 1. The first-order valence-electron chi connectivity index (χ1n) is 8.63. The van der Waals surface area contributed by atoms with Gasteiger partial charge in [0.25, 0.3) is 18.2 Å². The molecule has 0 aliphatic heterocycles. The number of hydrogen-bond acceptors (Lipinski definition) is 5. The molecule has 0 aromatic heterocycles. The summed E-state index contributed by atoms with van der Waals surface area (Å²) in [4.78, 5) is 24.1. The van der Waals surface area contributed by atoms with Gasteiger partial charge in [0.15, 0.2) is 0 Å². The van der Waals surface area contributed by atoms with Crippen molar-refractivity contribution in [2.75, 3.05) is 0 Å². The van der Waals surface area contributed by atoms with Crippen LogP contribution in [0.3, 0.4) is 0 Å². The Labute approximate surface area is 171 Å². The van der Waals surface area contributed by atoms with Gasteiger partial charge < -0.3 is 11.1 Å². The van der Waals surface area contributed by atoms with E-state index >= 15 is 0 Å². The summed E-state index contributed by atoms with van der Waals surface area (Å²) in [5.41, 5.74) is 6.17. The van der Waals surface area contributed by atoms with Crippen LogP contribution in [0.2, 0.25) is 0 Å². The smallest absolute Gasteiger partial charge is 0.268 e. The van der Waals surface area contributed by atoms with Gasteiger partial charge in [0.2, 0.25) is 0 Å². The molecular formula is C21H18F2N4O3. The monoisotopic (exact) mass is 412 g/mol. The summed E-state index contributed by atoms with van der Waals surface area (Å²) in [5.74, 6) is 3.71. The molecule has 0 aliphatic rings. The summed E-state index contributed by atoms with van der Waals surface area (Å²) < 4.78 is 26.3. The molecule has 154 valence electrons. The Balaban J connectivity index is 2.15. The molecule has 1 unspecified atom stereocenters. The van der Waals surface area contributed by atoms with Gasteiger partial charge in [-0.3, -0.25) is 14.8 Å². The number of benzene rings is 2. The van der Waals surface area contributed by atoms with Crippen molar-refractivity contribution in [3.63, 3.8) is 0 Å². The first-order valence-corrected chi connectivity index (χ1v) is 8.63. The SMILES string of the molecule is CC(N)(C(F)F)[C@H](NC(=O)c1ccc(C#Cc2ccc(C#N)cc2)cc1)C(=O)NO. The summed E-state index contributed by atoms with van der Waals surface area (Å²) >= 11 is 0. The normalized spacial score (nSPS) is 13.2. The lowest BCUT2D eigenvalue weighted by molar-refractivity contribution is -0.134. The number of nitrogens with one attached hydrogen (secondary N) is 2. The predicted molar refractivity (Wildman–Crippen MR) is 103 cm³/mol. The van der Waals surface area contributed by atoms with Crippen LogP contribution in [-0.4, -0.2) is 35.0 Å². The minimum atomic E-state index is -3.14. The second kappa shape index (κ2) is 9.61. The summed E-state index contributed by atoms with van der Waals surface area (Å²) in [5, 5.41) is 19.7. The maximum Gasteiger partial charge on any atom is 0.268 e. The Bertz CT molecular complexity index is 1020. The van der Waals surface area contributed by atoms with Crippen LogP contribution in [0.4, 0.5) is 8.78 Å². The molecular weight excluding hydrogens is 394 g/mol. The Hall–Kier alpha value is -3.79. The molecule has 0 fully saturated rings. The van der Waals surface area contributed by atoms with Crippen molar-refractivity contribution in [1.82, 2.24) is 10.8 Å². The van der Waals surface area contributed by atoms with Crippen LogP contribution in [0.5, 0.6) is 0 Å². The quantitative estimate of drug-likeness (QED) is 0.337. The largest absolute Gasteiger partial charge is 0.338 e. The van der Waals surface area contributed by atoms with Crippen molar-refractivity contribution in [1.29, 1.82) is 5.26 Å². The fourth-order valence-electron chi connectivity index (χ4n) is 2.39. The zero-order valence-corrected chi connectivity index (χ0v) is 15.8. The van der Waals surface area contributed by atoms with E-state index in [-0.39, 0.29) is 5.56 Å². The van der Waals surface area contributed by atoms with Crippen molar-refractivity contribution in [2.24, 2.45) is 5.73 Å². The van der Waals surface area contributed by atoms with E-state index in [1.165, 1.54) is 17.6 Å². The predicted octanol–water partition coefficient (Wildman–Crippen LogP) is 1.54. The number of nitrogens with zero attached hydrogens (tertiary/aromatic N) is 1. The molecule has 7 nitrogen and oxygen atoms in total. The highest BCUT2D eigenvalue weighted by Crippen LogP contribution is 2.18. The molecule has 2 atom stereocenters. The van der Waals surface area contributed by atoms with E-state index in [1.54, 1.807) is 36.4 Å². The Morgan fingerprint density at radius 2 is 1.50 bits per heavy atom. The minimum Gasteiger partial charge on any atom is -0.338 e. The van der Waals surface area contributed by atoms with Crippen molar-refractivity contribution in [3.05, 3.63) is 70.8 Å². The average molecular weight is 412 g/mol. The molecule has 0 bridgehead atoms. The van der Waals surface area contributed by atoms with Crippen LogP contribution in [0.1, 0.15) is 34.0 Å².